The van der Waals surface area contributed by atoms with Crippen molar-refractivity contribution in [2.24, 2.45) is 10.4 Å². The van der Waals surface area contributed by atoms with Crippen molar-refractivity contribution in [3.8, 4) is 0 Å². The lowest BCUT2D eigenvalue weighted by Gasteiger charge is -2.28. The van der Waals surface area contributed by atoms with Crippen LogP contribution in [0.5, 0.6) is 0 Å². The molecular weight excluding hydrogens is 471 g/mol. The van der Waals surface area contributed by atoms with E-state index in [4.69, 9.17) is 0 Å². The molecule has 1 fully saturated rings. The van der Waals surface area contributed by atoms with Crippen LogP contribution >= 0.6 is 35.3 Å². The third-order valence-electron chi connectivity index (χ3n) is 4.74. The van der Waals surface area contributed by atoms with E-state index < -0.39 is 10.0 Å². The highest BCUT2D eigenvalue weighted by molar-refractivity contribution is 14.0. The van der Waals surface area contributed by atoms with E-state index in [0.717, 1.165) is 12.5 Å². The fourth-order valence-corrected chi connectivity index (χ4v) is 5.20. The summed E-state index contributed by atoms with van der Waals surface area (Å²) in [6.07, 6.45) is 6.35. The molecule has 144 valence electrons. The highest BCUT2D eigenvalue weighted by Gasteiger charge is 2.31. The van der Waals surface area contributed by atoms with E-state index in [1.54, 1.807) is 24.6 Å². The normalized spacial score (nSPS) is 17.1. The van der Waals surface area contributed by atoms with Crippen LogP contribution in [0.25, 0.3) is 0 Å². The van der Waals surface area contributed by atoms with Crippen molar-refractivity contribution in [2.45, 2.75) is 43.2 Å². The highest BCUT2D eigenvalue weighted by Crippen LogP contribution is 2.40. The molecule has 0 atom stereocenters. The Morgan fingerprint density at radius 1 is 1.28 bits per heavy atom. The van der Waals surface area contributed by atoms with Crippen molar-refractivity contribution < 1.29 is 8.42 Å². The molecule has 0 spiro atoms. The van der Waals surface area contributed by atoms with Crippen LogP contribution in [0.1, 0.15) is 39.0 Å². The van der Waals surface area contributed by atoms with Crippen LogP contribution in [0, 0.1) is 5.41 Å². The smallest absolute Gasteiger partial charge is 0.250 e. The standard InChI is InChI=1S/C16H28N4O2S2.HI/c1-3-16(8-4-5-9-16)13-19-15(17-2)18-10-11-20-24(21,22)14-7-6-12-23-14;/h6-7,12,20H,3-5,8-11,13H2,1-2H3,(H2,17,18,19);1H. The van der Waals surface area contributed by atoms with Crippen LogP contribution in [0.3, 0.4) is 0 Å². The fourth-order valence-electron chi connectivity index (χ4n) is 3.13. The summed E-state index contributed by atoms with van der Waals surface area (Å²) < 4.78 is 27.0. The molecule has 6 nitrogen and oxygen atoms in total. The molecule has 0 aliphatic heterocycles. The number of rotatable bonds is 8. The maximum atomic E-state index is 12.0. The van der Waals surface area contributed by atoms with Gasteiger partial charge >= 0.3 is 0 Å². The number of sulfonamides is 1. The van der Waals surface area contributed by atoms with Gasteiger partial charge in [-0.2, -0.15) is 0 Å². The average molecular weight is 500 g/mol. The van der Waals surface area contributed by atoms with Crippen LogP contribution in [-0.4, -0.2) is 41.1 Å². The van der Waals surface area contributed by atoms with E-state index in [1.807, 2.05) is 0 Å². The van der Waals surface area contributed by atoms with Gasteiger partial charge in [0.05, 0.1) is 0 Å². The van der Waals surface area contributed by atoms with Gasteiger partial charge in [-0.15, -0.1) is 35.3 Å². The first-order chi connectivity index (χ1) is 11.5. The number of hydrogen-bond donors (Lipinski definition) is 3. The molecule has 1 aromatic heterocycles. The van der Waals surface area contributed by atoms with Gasteiger partial charge in [-0.05, 0) is 36.1 Å². The van der Waals surface area contributed by atoms with E-state index >= 15 is 0 Å². The molecule has 0 unspecified atom stereocenters. The molecule has 1 saturated carbocycles. The molecule has 1 aliphatic carbocycles. The van der Waals surface area contributed by atoms with Crippen molar-refractivity contribution in [2.75, 3.05) is 26.7 Å². The third kappa shape index (κ3) is 6.69. The fraction of sp³-hybridized carbons (Fsp3) is 0.688. The highest BCUT2D eigenvalue weighted by atomic mass is 127. The molecular formula is C16H29IN4O2S2. The minimum Gasteiger partial charge on any atom is -0.356 e. The topological polar surface area (TPSA) is 82.6 Å². The summed E-state index contributed by atoms with van der Waals surface area (Å²) in [7, 11) is -1.66. The van der Waals surface area contributed by atoms with Crippen molar-refractivity contribution in [1.29, 1.82) is 0 Å². The maximum absolute atomic E-state index is 12.0. The SMILES string of the molecule is CCC1(CNC(=NC)NCCNS(=O)(=O)c2cccs2)CCCC1.I. The quantitative estimate of drug-likeness (QED) is 0.222. The average Bonchev–Trinajstić information content (AvgIpc) is 3.26. The first-order valence-electron chi connectivity index (χ1n) is 8.49. The van der Waals surface area contributed by atoms with Gasteiger partial charge in [0.25, 0.3) is 0 Å². The van der Waals surface area contributed by atoms with Crippen LogP contribution in [0.2, 0.25) is 0 Å². The summed E-state index contributed by atoms with van der Waals surface area (Å²) in [6.45, 7) is 3.98. The molecule has 3 N–H and O–H groups in total. The lowest BCUT2D eigenvalue weighted by molar-refractivity contribution is 0.283. The zero-order valence-electron chi connectivity index (χ0n) is 14.9. The number of thiophene rings is 1. The Kier molecular flexibility index (Phi) is 9.68. The Hall–Kier alpha value is -0.390. The zero-order valence-corrected chi connectivity index (χ0v) is 18.8. The summed E-state index contributed by atoms with van der Waals surface area (Å²) in [4.78, 5) is 4.22. The summed E-state index contributed by atoms with van der Waals surface area (Å²) in [5.74, 6) is 0.727. The van der Waals surface area contributed by atoms with Crippen LogP contribution in [-0.2, 0) is 10.0 Å². The second-order valence-electron chi connectivity index (χ2n) is 6.24. The van der Waals surface area contributed by atoms with Gasteiger partial charge in [-0.3, -0.25) is 4.99 Å². The number of guanidine groups is 1. The van der Waals surface area contributed by atoms with E-state index in [1.165, 1.54) is 43.4 Å². The van der Waals surface area contributed by atoms with Crippen LogP contribution in [0.15, 0.2) is 26.7 Å². The first-order valence-corrected chi connectivity index (χ1v) is 10.9. The molecule has 9 heteroatoms. The largest absolute Gasteiger partial charge is 0.356 e. The predicted molar refractivity (Wildman–Crippen MR) is 115 cm³/mol. The van der Waals surface area contributed by atoms with E-state index in [9.17, 15) is 8.42 Å². The van der Waals surface area contributed by atoms with Crippen molar-refractivity contribution in [3.63, 3.8) is 0 Å². The van der Waals surface area contributed by atoms with Crippen molar-refractivity contribution in [3.05, 3.63) is 17.5 Å². The molecule has 0 bridgehead atoms. The summed E-state index contributed by atoms with van der Waals surface area (Å²) in [6, 6.07) is 3.34. The zero-order chi connectivity index (χ0) is 17.5. The monoisotopic (exact) mass is 500 g/mol. The molecule has 0 aromatic carbocycles. The van der Waals surface area contributed by atoms with Crippen LogP contribution < -0.4 is 15.4 Å². The van der Waals surface area contributed by atoms with Gasteiger partial charge in [-0.25, -0.2) is 13.1 Å². The number of aliphatic imine (C=N–C) groups is 1. The Morgan fingerprint density at radius 2 is 2.00 bits per heavy atom. The minimum atomic E-state index is -3.39. The van der Waals surface area contributed by atoms with Gasteiger partial charge in [-0.1, -0.05) is 25.8 Å². The molecule has 25 heavy (non-hydrogen) atoms. The second-order valence-corrected chi connectivity index (χ2v) is 9.18. The van der Waals surface area contributed by atoms with E-state index in [2.05, 4.69) is 27.3 Å². The molecule has 0 radical (unpaired) electrons. The van der Waals surface area contributed by atoms with Gasteiger partial charge < -0.3 is 10.6 Å². The van der Waals surface area contributed by atoms with Gasteiger partial charge in [0.2, 0.25) is 10.0 Å². The van der Waals surface area contributed by atoms with Crippen molar-refractivity contribution in [1.82, 2.24) is 15.4 Å². The number of nitrogens with one attached hydrogen (secondary N) is 3. The lowest BCUT2D eigenvalue weighted by atomic mass is 9.83. The summed E-state index contributed by atoms with van der Waals surface area (Å²) in [5, 5.41) is 8.32. The minimum absolute atomic E-state index is 0. The number of nitrogens with zero attached hydrogens (tertiary/aromatic N) is 1. The predicted octanol–water partition coefficient (Wildman–Crippen LogP) is 2.78. The summed E-state index contributed by atoms with van der Waals surface area (Å²) in [5.41, 5.74) is 0.387. The Morgan fingerprint density at radius 3 is 2.56 bits per heavy atom. The Bertz CT molecular complexity index is 627. The van der Waals surface area contributed by atoms with Crippen molar-refractivity contribution >= 4 is 51.3 Å². The van der Waals surface area contributed by atoms with Gasteiger partial charge in [0.1, 0.15) is 4.21 Å². The molecule has 2 rings (SSSR count). The Labute approximate surface area is 172 Å². The summed E-state index contributed by atoms with van der Waals surface area (Å²) >= 11 is 1.22. The van der Waals surface area contributed by atoms with E-state index in [0.29, 0.717) is 22.7 Å². The molecule has 1 aliphatic rings. The molecule has 0 amide bonds. The molecule has 1 heterocycles. The maximum Gasteiger partial charge on any atom is 0.250 e. The third-order valence-corrected chi connectivity index (χ3v) is 7.60. The lowest BCUT2D eigenvalue weighted by Crippen LogP contribution is -2.45. The van der Waals surface area contributed by atoms with Crippen LogP contribution in [0.4, 0.5) is 0 Å². The Balaban J connectivity index is 0.00000312. The first kappa shape index (κ1) is 22.7. The number of hydrogen-bond acceptors (Lipinski definition) is 4. The van der Waals surface area contributed by atoms with E-state index in [-0.39, 0.29) is 24.0 Å². The van der Waals surface area contributed by atoms with Gasteiger partial charge in [0, 0.05) is 26.7 Å². The molecule has 0 saturated heterocycles. The number of halogens is 1. The second kappa shape index (κ2) is 10.7. The van der Waals surface area contributed by atoms with Gasteiger partial charge in [0.15, 0.2) is 5.96 Å². The molecule has 1 aromatic rings.